The van der Waals surface area contributed by atoms with Gasteiger partial charge in [-0.2, -0.15) is 0 Å². The molecule has 0 saturated carbocycles. The molecule has 4 aromatic carbocycles. The second-order valence-corrected chi connectivity index (χ2v) is 14.8. The molecule has 0 aliphatic rings. The molecule has 0 saturated heterocycles. The van der Waals surface area contributed by atoms with Crippen molar-refractivity contribution in [2.24, 2.45) is 5.10 Å². The van der Waals surface area contributed by atoms with Gasteiger partial charge in [-0.15, -0.1) is 0 Å². The summed E-state index contributed by atoms with van der Waals surface area (Å²) < 4.78 is 0. The van der Waals surface area contributed by atoms with Gasteiger partial charge >= 0.3 is 180 Å². The fourth-order valence-corrected chi connectivity index (χ4v) is 9.61. The average Bonchev–Trinajstić information content (AvgIpc) is 2.81. The Labute approximate surface area is 180 Å². The molecule has 0 atom stereocenters. The minimum atomic E-state index is -3.23. The van der Waals surface area contributed by atoms with E-state index in [1.54, 1.807) is 0 Å². The van der Waals surface area contributed by atoms with Crippen LogP contribution in [0.1, 0.15) is 5.56 Å². The Morgan fingerprint density at radius 2 is 0.897 bits per heavy atom. The van der Waals surface area contributed by atoms with Gasteiger partial charge < -0.3 is 0 Å². The number of halogens is 1. The van der Waals surface area contributed by atoms with E-state index in [0.717, 1.165) is 5.56 Å². The molecule has 144 valence electrons. The van der Waals surface area contributed by atoms with Gasteiger partial charge in [-0.1, -0.05) is 0 Å². The SMILES string of the molecule is BrP(NN=Cc1ccccc1)(c1ccccc1)(c1ccccc1)c1ccccc1. The van der Waals surface area contributed by atoms with E-state index in [1.807, 2.05) is 54.7 Å². The van der Waals surface area contributed by atoms with Crippen LogP contribution in [0.3, 0.4) is 0 Å². The summed E-state index contributed by atoms with van der Waals surface area (Å²) in [5.74, 6) is 0. The van der Waals surface area contributed by atoms with Crippen molar-refractivity contribution in [1.29, 1.82) is 0 Å². The Morgan fingerprint density at radius 1 is 0.552 bits per heavy atom. The van der Waals surface area contributed by atoms with Crippen molar-refractivity contribution in [3.8, 4) is 0 Å². The molecule has 0 heterocycles. The normalized spacial score (nSPS) is 12.9. The molecule has 0 bridgehead atoms. The van der Waals surface area contributed by atoms with E-state index in [9.17, 15) is 0 Å². The Bertz CT molecular complexity index is 985. The summed E-state index contributed by atoms with van der Waals surface area (Å²) in [7, 11) is 0. The van der Waals surface area contributed by atoms with Crippen molar-refractivity contribution >= 4 is 43.1 Å². The molecule has 2 nitrogen and oxygen atoms in total. The van der Waals surface area contributed by atoms with E-state index in [4.69, 9.17) is 5.10 Å². The van der Waals surface area contributed by atoms with Crippen molar-refractivity contribution in [2.75, 3.05) is 0 Å². The third-order valence-corrected chi connectivity index (χ3v) is 13.4. The van der Waals surface area contributed by atoms with Crippen LogP contribution in [-0.4, -0.2) is 6.21 Å². The van der Waals surface area contributed by atoms with Crippen molar-refractivity contribution in [1.82, 2.24) is 5.20 Å². The zero-order valence-corrected chi connectivity index (χ0v) is 18.4. The van der Waals surface area contributed by atoms with Gasteiger partial charge in [-0.05, 0) is 0 Å². The molecule has 0 unspecified atom stereocenters. The Hall–Kier alpha value is -2.74. The Morgan fingerprint density at radius 3 is 1.28 bits per heavy atom. The number of hydrogen-bond donors (Lipinski definition) is 1. The van der Waals surface area contributed by atoms with Gasteiger partial charge in [-0.3, -0.25) is 0 Å². The average molecular weight is 461 g/mol. The van der Waals surface area contributed by atoms with Gasteiger partial charge in [-0.25, -0.2) is 0 Å². The standard InChI is InChI=1S/C25H22BrN2P/c26-29(23-15-7-2-8-16-23,24-17-9-3-10-18-24,25-19-11-4-12-20-25)28-27-21-22-13-5-1-6-14-22/h1-21,28H. The maximum absolute atomic E-state index is 4.75. The number of rotatable bonds is 6. The molecule has 0 amide bonds. The number of hydrogen-bond acceptors (Lipinski definition) is 2. The van der Waals surface area contributed by atoms with Gasteiger partial charge in [0.2, 0.25) is 0 Å². The fraction of sp³-hybridized carbons (Fsp3) is 0. The number of nitrogens with one attached hydrogen (secondary N) is 1. The molecule has 0 spiro atoms. The molecule has 0 fully saturated rings. The summed E-state index contributed by atoms with van der Waals surface area (Å²) in [5.41, 5.74) is -2.18. The van der Waals surface area contributed by atoms with Crippen LogP contribution in [0.2, 0.25) is 0 Å². The molecule has 0 radical (unpaired) electrons. The first-order chi connectivity index (χ1) is 14.2. The van der Waals surface area contributed by atoms with Crippen LogP contribution in [0.4, 0.5) is 0 Å². The van der Waals surface area contributed by atoms with Crippen LogP contribution >= 0.6 is 20.9 Å². The maximum atomic E-state index is 4.75. The number of benzene rings is 4. The van der Waals surface area contributed by atoms with Crippen molar-refractivity contribution in [2.45, 2.75) is 0 Å². The van der Waals surface area contributed by atoms with Crippen LogP contribution in [-0.2, 0) is 0 Å². The van der Waals surface area contributed by atoms with Gasteiger partial charge in [0.25, 0.3) is 0 Å². The molecule has 4 aromatic rings. The first-order valence-corrected chi connectivity index (χ1v) is 13.7. The minimum absolute atomic E-state index is 1.05. The molecular weight excluding hydrogens is 439 g/mol. The van der Waals surface area contributed by atoms with E-state index in [1.165, 1.54) is 15.9 Å². The van der Waals surface area contributed by atoms with Crippen LogP contribution < -0.4 is 21.1 Å². The summed E-state index contributed by atoms with van der Waals surface area (Å²) in [6, 6.07) is 41.7. The molecule has 0 aliphatic heterocycles. The monoisotopic (exact) mass is 460 g/mol. The van der Waals surface area contributed by atoms with Crippen LogP contribution in [0, 0.1) is 0 Å². The van der Waals surface area contributed by atoms with E-state index in [2.05, 4.69) is 93.5 Å². The molecule has 0 aromatic heterocycles. The number of nitrogens with zero attached hydrogens (tertiary/aromatic N) is 1. The molecule has 29 heavy (non-hydrogen) atoms. The zero-order valence-electron chi connectivity index (χ0n) is 15.9. The summed E-state index contributed by atoms with van der Waals surface area (Å²) in [5, 5.41) is 11.9. The Balaban J connectivity index is 1.95. The molecule has 1 N–H and O–H groups in total. The quantitative estimate of drug-likeness (QED) is 0.233. The van der Waals surface area contributed by atoms with Crippen LogP contribution in [0.25, 0.3) is 0 Å². The first-order valence-electron chi connectivity index (χ1n) is 9.48. The summed E-state index contributed by atoms with van der Waals surface area (Å²) in [6.07, 6.45) is 1.87. The second kappa shape index (κ2) is 8.32. The fourth-order valence-electron chi connectivity index (χ4n) is 3.50. The van der Waals surface area contributed by atoms with E-state index in [0.29, 0.717) is 0 Å². The van der Waals surface area contributed by atoms with Crippen molar-refractivity contribution < 1.29 is 0 Å². The topological polar surface area (TPSA) is 24.4 Å². The van der Waals surface area contributed by atoms with Gasteiger partial charge in [0.15, 0.2) is 0 Å². The van der Waals surface area contributed by atoms with E-state index >= 15 is 0 Å². The third-order valence-electron chi connectivity index (χ3n) is 4.98. The van der Waals surface area contributed by atoms with Crippen molar-refractivity contribution in [3.63, 3.8) is 0 Å². The predicted octanol–water partition coefficient (Wildman–Crippen LogP) is 5.36. The van der Waals surface area contributed by atoms with E-state index in [-0.39, 0.29) is 0 Å². The summed E-state index contributed by atoms with van der Waals surface area (Å²) in [4.78, 5) is 0. The number of hydrazone groups is 1. The van der Waals surface area contributed by atoms with Gasteiger partial charge in [0.05, 0.1) is 0 Å². The summed E-state index contributed by atoms with van der Waals surface area (Å²) in [6.45, 7) is 0. The van der Waals surface area contributed by atoms with Crippen LogP contribution in [0.15, 0.2) is 126 Å². The van der Waals surface area contributed by atoms with Crippen molar-refractivity contribution in [3.05, 3.63) is 127 Å². The second-order valence-electron chi connectivity index (χ2n) is 6.78. The Kier molecular flexibility index (Phi) is 5.62. The van der Waals surface area contributed by atoms with Crippen LogP contribution in [0.5, 0.6) is 0 Å². The predicted molar refractivity (Wildman–Crippen MR) is 131 cm³/mol. The van der Waals surface area contributed by atoms with Gasteiger partial charge in [0, 0.05) is 0 Å². The molecule has 0 aliphatic carbocycles. The molecular formula is C25H22BrN2P. The van der Waals surface area contributed by atoms with Gasteiger partial charge in [0.1, 0.15) is 0 Å². The van der Waals surface area contributed by atoms with E-state index < -0.39 is 5.46 Å². The zero-order chi connectivity index (χ0) is 20.0. The third kappa shape index (κ3) is 3.64. The first kappa shape index (κ1) is 19.6. The molecule has 4 rings (SSSR count). The summed E-state index contributed by atoms with van der Waals surface area (Å²) >= 11 is 4.30. The molecule has 4 heteroatoms.